The van der Waals surface area contributed by atoms with Crippen molar-refractivity contribution in [3.05, 3.63) is 47.2 Å². The molecule has 1 aromatic carbocycles. The number of hydrogen-bond donors (Lipinski definition) is 1. The van der Waals surface area contributed by atoms with Gasteiger partial charge in [-0.3, -0.25) is 4.68 Å². The third-order valence-electron chi connectivity index (χ3n) is 4.29. The van der Waals surface area contributed by atoms with Gasteiger partial charge in [0.2, 0.25) is 0 Å². The Morgan fingerprint density at radius 2 is 2.14 bits per heavy atom. The monoisotopic (exact) mass is 283 g/mol. The predicted octanol–water partition coefficient (Wildman–Crippen LogP) is 2.75. The minimum atomic E-state index is 0.306. The lowest BCUT2D eigenvalue weighted by atomic mass is 9.77. The van der Waals surface area contributed by atoms with Crippen molar-refractivity contribution >= 4 is 12.1 Å². The van der Waals surface area contributed by atoms with Crippen molar-refractivity contribution in [2.75, 3.05) is 11.9 Å². The molecule has 3 rings (SSSR count). The highest BCUT2D eigenvalue weighted by atomic mass is 16.1. The molecule has 0 saturated carbocycles. The van der Waals surface area contributed by atoms with E-state index >= 15 is 0 Å². The van der Waals surface area contributed by atoms with Crippen LogP contribution in [0.5, 0.6) is 0 Å². The summed E-state index contributed by atoms with van der Waals surface area (Å²) in [5.74, 6) is 1.85. The van der Waals surface area contributed by atoms with Gasteiger partial charge in [0, 0.05) is 24.2 Å². The molecule has 110 valence electrons. The summed E-state index contributed by atoms with van der Waals surface area (Å²) in [6, 6.07) is 10.6. The molecule has 1 heterocycles. The Morgan fingerprint density at radius 3 is 2.86 bits per heavy atom. The Hall–Kier alpha value is -2.10. The molecule has 1 aromatic heterocycles. The third-order valence-corrected chi connectivity index (χ3v) is 4.29. The normalized spacial score (nSPS) is 20.9. The van der Waals surface area contributed by atoms with Crippen molar-refractivity contribution in [1.82, 2.24) is 9.78 Å². The molecule has 2 aromatic rings. The predicted molar refractivity (Wildman–Crippen MR) is 83.5 cm³/mol. The number of fused-ring (bicyclic) bond motifs is 1. The zero-order valence-corrected chi connectivity index (χ0v) is 12.5. The van der Waals surface area contributed by atoms with E-state index in [4.69, 9.17) is 0 Å². The van der Waals surface area contributed by atoms with Gasteiger partial charge in [-0.2, -0.15) is 5.10 Å². The number of carbonyl (C=O) groups excluding carboxylic acids is 1. The van der Waals surface area contributed by atoms with Crippen molar-refractivity contribution in [2.24, 2.45) is 13.0 Å². The first-order valence-electron chi connectivity index (χ1n) is 7.49. The maximum atomic E-state index is 10.7. The van der Waals surface area contributed by atoms with Crippen LogP contribution in [0.25, 0.3) is 0 Å². The van der Waals surface area contributed by atoms with Crippen LogP contribution >= 0.6 is 0 Å². The molecule has 1 N–H and O–H groups in total. The molecule has 0 saturated heterocycles. The van der Waals surface area contributed by atoms with Crippen LogP contribution in [0.1, 0.15) is 36.1 Å². The molecular weight excluding hydrogens is 262 g/mol. The fourth-order valence-corrected chi connectivity index (χ4v) is 3.37. The van der Waals surface area contributed by atoms with Crippen LogP contribution in [-0.4, -0.2) is 22.6 Å². The summed E-state index contributed by atoms with van der Waals surface area (Å²) < 4.78 is 1.97. The van der Waals surface area contributed by atoms with Gasteiger partial charge in [-0.15, -0.1) is 0 Å². The summed E-state index contributed by atoms with van der Waals surface area (Å²) in [5, 5.41) is 7.74. The van der Waals surface area contributed by atoms with E-state index in [0.29, 0.717) is 18.4 Å². The number of aromatic nitrogens is 2. The van der Waals surface area contributed by atoms with E-state index in [0.717, 1.165) is 24.9 Å². The molecule has 2 unspecified atom stereocenters. The summed E-state index contributed by atoms with van der Waals surface area (Å²) in [6.07, 6.45) is 3.05. The number of aryl methyl sites for hydroxylation is 1. The molecule has 4 heteroatoms. The maximum Gasteiger partial charge on any atom is 0.152 e. The topological polar surface area (TPSA) is 46.9 Å². The second kappa shape index (κ2) is 5.72. The van der Waals surface area contributed by atoms with E-state index in [-0.39, 0.29) is 0 Å². The van der Waals surface area contributed by atoms with E-state index in [2.05, 4.69) is 41.6 Å². The molecule has 0 amide bonds. The number of anilines is 1. The van der Waals surface area contributed by atoms with Crippen molar-refractivity contribution in [3.63, 3.8) is 0 Å². The summed E-state index contributed by atoms with van der Waals surface area (Å²) in [5.41, 5.74) is 3.88. The fraction of sp³-hybridized carbons (Fsp3) is 0.412. The van der Waals surface area contributed by atoms with Gasteiger partial charge in [0.15, 0.2) is 5.82 Å². The number of hydrogen-bond acceptors (Lipinski definition) is 3. The van der Waals surface area contributed by atoms with Gasteiger partial charge in [-0.1, -0.05) is 37.3 Å². The Labute approximate surface area is 125 Å². The highest BCUT2D eigenvalue weighted by Crippen LogP contribution is 2.42. The zero-order valence-electron chi connectivity index (χ0n) is 12.5. The number of nitrogens with zero attached hydrogens (tertiary/aromatic N) is 2. The van der Waals surface area contributed by atoms with Crippen molar-refractivity contribution in [1.29, 1.82) is 0 Å². The lowest BCUT2D eigenvalue weighted by Crippen LogP contribution is -2.19. The second-order valence-corrected chi connectivity index (χ2v) is 5.89. The molecule has 0 bridgehead atoms. The Bertz CT molecular complexity index is 633. The lowest BCUT2D eigenvalue weighted by Gasteiger charge is -2.28. The number of benzene rings is 1. The molecular formula is C17H21N3O. The molecule has 0 spiro atoms. The molecule has 4 nitrogen and oxygen atoms in total. The van der Waals surface area contributed by atoms with E-state index in [1.165, 1.54) is 16.8 Å². The first-order chi connectivity index (χ1) is 10.2. The van der Waals surface area contributed by atoms with Gasteiger partial charge in [0.1, 0.15) is 6.29 Å². The Balaban J connectivity index is 2.07. The zero-order chi connectivity index (χ0) is 14.8. The van der Waals surface area contributed by atoms with Crippen LogP contribution in [-0.2, 0) is 18.3 Å². The van der Waals surface area contributed by atoms with Crippen molar-refractivity contribution in [3.8, 4) is 0 Å². The van der Waals surface area contributed by atoms with E-state index in [9.17, 15) is 4.79 Å². The quantitative estimate of drug-likeness (QED) is 0.878. The third kappa shape index (κ3) is 2.58. The van der Waals surface area contributed by atoms with Crippen LogP contribution in [0, 0.1) is 5.92 Å². The standard InChI is InChI=1S/C17H21N3O/c1-12-10-14(13-6-4-3-5-7-13)16-15(11-12)20(2)19-17(16)18-8-9-21/h3-7,9,12,14H,8,10-11H2,1-2H3,(H,18,19). The van der Waals surface area contributed by atoms with Gasteiger partial charge in [-0.25, -0.2) is 0 Å². The second-order valence-electron chi connectivity index (χ2n) is 5.89. The summed E-state index contributed by atoms with van der Waals surface area (Å²) in [4.78, 5) is 10.7. The first-order valence-corrected chi connectivity index (χ1v) is 7.49. The van der Waals surface area contributed by atoms with Crippen molar-refractivity contribution in [2.45, 2.75) is 25.7 Å². The average molecular weight is 283 g/mol. The highest BCUT2D eigenvalue weighted by Gasteiger charge is 2.31. The molecule has 21 heavy (non-hydrogen) atoms. The molecule has 1 aliphatic carbocycles. The highest BCUT2D eigenvalue weighted by molar-refractivity contribution is 5.61. The van der Waals surface area contributed by atoms with Crippen LogP contribution in [0.2, 0.25) is 0 Å². The van der Waals surface area contributed by atoms with E-state index in [1.54, 1.807) is 0 Å². The SMILES string of the molecule is CC1Cc2c(c(NCC=O)nn2C)C(c2ccccc2)C1. The van der Waals surface area contributed by atoms with Crippen LogP contribution < -0.4 is 5.32 Å². The minimum Gasteiger partial charge on any atom is -0.362 e. The summed E-state index contributed by atoms with van der Waals surface area (Å²) in [6.45, 7) is 2.60. The number of aldehydes is 1. The van der Waals surface area contributed by atoms with Gasteiger partial charge in [0.05, 0.1) is 6.54 Å². The fourth-order valence-electron chi connectivity index (χ4n) is 3.37. The largest absolute Gasteiger partial charge is 0.362 e. The first kappa shape index (κ1) is 13.9. The minimum absolute atomic E-state index is 0.306. The van der Waals surface area contributed by atoms with Gasteiger partial charge >= 0.3 is 0 Å². The Morgan fingerprint density at radius 1 is 1.38 bits per heavy atom. The molecule has 0 fully saturated rings. The van der Waals surface area contributed by atoms with E-state index < -0.39 is 0 Å². The van der Waals surface area contributed by atoms with Gasteiger partial charge in [0.25, 0.3) is 0 Å². The lowest BCUT2D eigenvalue weighted by molar-refractivity contribution is -0.106. The molecule has 0 radical (unpaired) electrons. The smallest absolute Gasteiger partial charge is 0.152 e. The maximum absolute atomic E-state index is 10.7. The molecule has 1 aliphatic rings. The summed E-state index contributed by atoms with van der Waals surface area (Å²) in [7, 11) is 1.99. The number of nitrogens with one attached hydrogen (secondary N) is 1. The molecule has 2 atom stereocenters. The molecule has 0 aliphatic heterocycles. The van der Waals surface area contributed by atoms with Crippen molar-refractivity contribution < 1.29 is 4.79 Å². The van der Waals surface area contributed by atoms with Crippen LogP contribution in [0.15, 0.2) is 30.3 Å². The van der Waals surface area contributed by atoms with Crippen LogP contribution in [0.3, 0.4) is 0 Å². The van der Waals surface area contributed by atoms with Gasteiger partial charge < -0.3 is 10.1 Å². The van der Waals surface area contributed by atoms with E-state index in [1.807, 2.05) is 17.8 Å². The van der Waals surface area contributed by atoms with Crippen LogP contribution in [0.4, 0.5) is 5.82 Å². The van der Waals surface area contributed by atoms with Gasteiger partial charge in [-0.05, 0) is 24.3 Å². The summed E-state index contributed by atoms with van der Waals surface area (Å²) >= 11 is 0. The average Bonchev–Trinajstić information content (AvgIpc) is 2.81. The number of carbonyl (C=O) groups is 1. The number of rotatable bonds is 4. The Kier molecular flexibility index (Phi) is 3.78.